The maximum absolute atomic E-state index is 10.6. The summed E-state index contributed by atoms with van der Waals surface area (Å²) in [5.74, 6) is 2.13. The standard InChI is InChI=1S/C23H30N4O2S/c1-26(15-18-9-4-2-5-10-18)16-20(28)17-30-23-25-24-22(21-13-8-14-29-21)27(23)19-11-6-3-7-12-19/h2,4-5,8-10,13-14,19-20,28H,3,6-7,11-12,15-17H2,1H3. The van der Waals surface area contributed by atoms with E-state index in [1.165, 1.54) is 24.8 Å². The number of hydrogen-bond donors (Lipinski definition) is 1. The molecule has 1 fully saturated rings. The Balaban J connectivity index is 1.40. The average molecular weight is 427 g/mol. The van der Waals surface area contributed by atoms with Crippen LogP contribution < -0.4 is 0 Å². The Morgan fingerprint density at radius 1 is 1.13 bits per heavy atom. The summed E-state index contributed by atoms with van der Waals surface area (Å²) in [5, 5.41) is 20.4. The van der Waals surface area contributed by atoms with Crippen LogP contribution in [0, 0.1) is 0 Å². The summed E-state index contributed by atoms with van der Waals surface area (Å²) in [7, 11) is 2.04. The predicted octanol–water partition coefficient (Wildman–Crippen LogP) is 4.63. The Morgan fingerprint density at radius 2 is 1.93 bits per heavy atom. The van der Waals surface area contributed by atoms with Crippen molar-refractivity contribution in [2.45, 2.75) is 56.0 Å². The molecule has 2 heterocycles. The number of aliphatic hydroxyl groups excluding tert-OH is 1. The first kappa shape index (κ1) is 21.2. The summed E-state index contributed by atoms with van der Waals surface area (Å²) in [5.41, 5.74) is 1.25. The number of aliphatic hydroxyl groups is 1. The Morgan fingerprint density at radius 3 is 2.67 bits per heavy atom. The van der Waals surface area contributed by atoms with Crippen molar-refractivity contribution in [1.82, 2.24) is 19.7 Å². The van der Waals surface area contributed by atoms with Crippen LogP contribution in [0.4, 0.5) is 0 Å². The lowest BCUT2D eigenvalue weighted by atomic mass is 9.95. The molecule has 0 saturated heterocycles. The van der Waals surface area contributed by atoms with Gasteiger partial charge in [-0.1, -0.05) is 61.4 Å². The van der Waals surface area contributed by atoms with Crippen molar-refractivity contribution in [2.75, 3.05) is 19.3 Å². The number of benzene rings is 1. The first-order chi connectivity index (χ1) is 14.7. The minimum Gasteiger partial charge on any atom is -0.461 e. The predicted molar refractivity (Wildman–Crippen MR) is 119 cm³/mol. The summed E-state index contributed by atoms with van der Waals surface area (Å²) in [6.45, 7) is 1.44. The monoisotopic (exact) mass is 426 g/mol. The third-order valence-corrected chi connectivity index (χ3v) is 6.66. The normalized spacial score (nSPS) is 16.2. The number of hydrogen-bond acceptors (Lipinski definition) is 6. The lowest BCUT2D eigenvalue weighted by Crippen LogP contribution is -2.30. The number of rotatable bonds is 9. The maximum atomic E-state index is 10.6. The molecule has 1 atom stereocenters. The van der Waals surface area contributed by atoms with Crippen molar-refractivity contribution in [3.63, 3.8) is 0 Å². The molecule has 0 bridgehead atoms. The molecule has 160 valence electrons. The molecule has 7 heteroatoms. The van der Waals surface area contributed by atoms with Crippen molar-refractivity contribution >= 4 is 11.8 Å². The van der Waals surface area contributed by atoms with Gasteiger partial charge in [0, 0.05) is 24.9 Å². The van der Waals surface area contributed by atoms with Crippen LogP contribution >= 0.6 is 11.8 Å². The van der Waals surface area contributed by atoms with Crippen LogP contribution in [0.3, 0.4) is 0 Å². The van der Waals surface area contributed by atoms with E-state index in [9.17, 15) is 5.11 Å². The number of likely N-dealkylation sites (N-methyl/N-ethyl adjacent to an activating group) is 1. The van der Waals surface area contributed by atoms with Crippen molar-refractivity contribution in [3.05, 3.63) is 54.3 Å². The lowest BCUT2D eigenvalue weighted by molar-refractivity contribution is 0.142. The largest absolute Gasteiger partial charge is 0.461 e. The van der Waals surface area contributed by atoms with E-state index in [1.54, 1.807) is 18.0 Å². The molecule has 0 aliphatic heterocycles. The Bertz CT molecular complexity index is 891. The first-order valence-electron chi connectivity index (χ1n) is 10.7. The van der Waals surface area contributed by atoms with E-state index in [2.05, 4.69) is 31.8 Å². The molecule has 0 amide bonds. The molecular weight excluding hydrogens is 396 g/mol. The summed E-state index contributed by atoms with van der Waals surface area (Å²) in [6, 6.07) is 14.6. The van der Waals surface area contributed by atoms with Crippen molar-refractivity contribution in [3.8, 4) is 11.6 Å². The molecule has 0 spiro atoms. The van der Waals surface area contributed by atoms with E-state index >= 15 is 0 Å². The molecule has 1 aliphatic carbocycles. The zero-order valence-electron chi connectivity index (χ0n) is 17.5. The molecular formula is C23H30N4O2S. The van der Waals surface area contributed by atoms with Gasteiger partial charge in [0.05, 0.1) is 12.4 Å². The molecule has 1 N–H and O–H groups in total. The van der Waals surface area contributed by atoms with E-state index < -0.39 is 6.10 Å². The second-order valence-electron chi connectivity index (χ2n) is 8.09. The Labute approximate surface area is 182 Å². The molecule has 1 saturated carbocycles. The van der Waals surface area contributed by atoms with Gasteiger partial charge in [-0.25, -0.2) is 0 Å². The van der Waals surface area contributed by atoms with Gasteiger partial charge in [-0.15, -0.1) is 10.2 Å². The highest BCUT2D eigenvalue weighted by Crippen LogP contribution is 2.35. The van der Waals surface area contributed by atoms with Crippen LogP contribution in [0.25, 0.3) is 11.6 Å². The first-order valence-corrected chi connectivity index (χ1v) is 11.7. The van der Waals surface area contributed by atoms with E-state index in [-0.39, 0.29) is 0 Å². The van der Waals surface area contributed by atoms with Crippen LogP contribution in [0.2, 0.25) is 0 Å². The fourth-order valence-corrected chi connectivity index (χ4v) is 5.08. The molecule has 1 aliphatic rings. The quantitative estimate of drug-likeness (QED) is 0.503. The summed E-state index contributed by atoms with van der Waals surface area (Å²) >= 11 is 1.59. The van der Waals surface area contributed by atoms with Gasteiger partial charge < -0.3 is 9.52 Å². The van der Waals surface area contributed by atoms with Crippen molar-refractivity contribution < 1.29 is 9.52 Å². The van der Waals surface area contributed by atoms with Crippen LogP contribution in [0.1, 0.15) is 43.7 Å². The molecule has 1 aromatic carbocycles. The van der Waals surface area contributed by atoms with E-state index in [0.29, 0.717) is 18.3 Å². The van der Waals surface area contributed by atoms with Crippen LogP contribution in [0.5, 0.6) is 0 Å². The summed E-state index contributed by atoms with van der Waals surface area (Å²) < 4.78 is 7.85. The number of aromatic nitrogens is 3. The Hall–Kier alpha value is -2.09. The second-order valence-corrected chi connectivity index (χ2v) is 9.08. The Kier molecular flexibility index (Phi) is 7.25. The van der Waals surface area contributed by atoms with Gasteiger partial charge in [0.2, 0.25) is 5.82 Å². The third-order valence-electron chi connectivity index (χ3n) is 5.57. The SMILES string of the molecule is CN(Cc1ccccc1)CC(O)CSc1nnc(-c2ccco2)n1C1CCCCC1. The van der Waals surface area contributed by atoms with Gasteiger partial charge >= 0.3 is 0 Å². The fraction of sp³-hybridized carbons (Fsp3) is 0.478. The smallest absolute Gasteiger partial charge is 0.200 e. The third kappa shape index (κ3) is 5.33. The molecule has 4 rings (SSSR count). The highest BCUT2D eigenvalue weighted by Gasteiger charge is 2.25. The van der Waals surface area contributed by atoms with Gasteiger partial charge in [0.25, 0.3) is 0 Å². The van der Waals surface area contributed by atoms with Gasteiger partial charge in [0.1, 0.15) is 0 Å². The molecule has 1 unspecified atom stereocenters. The molecule has 30 heavy (non-hydrogen) atoms. The van der Waals surface area contributed by atoms with Gasteiger partial charge in [-0.05, 0) is 37.6 Å². The second kappa shape index (κ2) is 10.3. The van der Waals surface area contributed by atoms with Crippen molar-refractivity contribution in [2.24, 2.45) is 0 Å². The number of thioether (sulfide) groups is 1. The molecule has 6 nitrogen and oxygen atoms in total. The fourth-order valence-electron chi connectivity index (χ4n) is 4.16. The summed E-state index contributed by atoms with van der Waals surface area (Å²) in [4.78, 5) is 2.15. The van der Waals surface area contributed by atoms with E-state index in [1.807, 2.05) is 37.4 Å². The zero-order valence-corrected chi connectivity index (χ0v) is 18.3. The van der Waals surface area contributed by atoms with Crippen LogP contribution in [0.15, 0.2) is 58.3 Å². The van der Waals surface area contributed by atoms with Gasteiger partial charge in [-0.3, -0.25) is 9.47 Å². The lowest BCUT2D eigenvalue weighted by Gasteiger charge is -2.25. The van der Waals surface area contributed by atoms with Crippen LogP contribution in [-0.4, -0.2) is 50.2 Å². The highest BCUT2D eigenvalue weighted by molar-refractivity contribution is 7.99. The van der Waals surface area contributed by atoms with E-state index in [4.69, 9.17) is 4.42 Å². The molecule has 0 radical (unpaired) electrons. The minimum absolute atomic E-state index is 0.397. The van der Waals surface area contributed by atoms with Crippen molar-refractivity contribution in [1.29, 1.82) is 0 Å². The molecule has 3 aromatic rings. The molecule has 2 aromatic heterocycles. The zero-order chi connectivity index (χ0) is 20.8. The minimum atomic E-state index is -0.438. The van der Waals surface area contributed by atoms with Gasteiger partial charge in [0.15, 0.2) is 10.9 Å². The highest BCUT2D eigenvalue weighted by atomic mass is 32.2. The average Bonchev–Trinajstić information content (AvgIpc) is 3.43. The topological polar surface area (TPSA) is 67.3 Å². The van der Waals surface area contributed by atoms with Crippen LogP contribution in [-0.2, 0) is 6.54 Å². The summed E-state index contributed by atoms with van der Waals surface area (Å²) in [6.07, 6.45) is 7.28. The number of furan rings is 1. The van der Waals surface area contributed by atoms with E-state index in [0.717, 1.165) is 36.1 Å². The van der Waals surface area contributed by atoms with Gasteiger partial charge in [-0.2, -0.15) is 0 Å². The maximum Gasteiger partial charge on any atom is 0.200 e. The number of nitrogens with zero attached hydrogens (tertiary/aromatic N) is 4.